The predicted octanol–water partition coefficient (Wildman–Crippen LogP) is 1.70. The van der Waals surface area contributed by atoms with E-state index in [0.29, 0.717) is 6.42 Å². The van der Waals surface area contributed by atoms with Gasteiger partial charge in [0.25, 0.3) is 0 Å². The van der Waals surface area contributed by atoms with E-state index in [-0.39, 0.29) is 11.8 Å². The zero-order chi connectivity index (χ0) is 15.8. The molecule has 1 rings (SSSR count). The van der Waals surface area contributed by atoms with E-state index in [0.717, 1.165) is 18.5 Å². The van der Waals surface area contributed by atoms with E-state index in [9.17, 15) is 14.7 Å². The molecule has 0 fully saturated rings. The number of carboxylic acid groups (broad SMARTS) is 1. The van der Waals surface area contributed by atoms with E-state index in [2.05, 4.69) is 5.32 Å². The molecule has 1 unspecified atom stereocenters. The van der Waals surface area contributed by atoms with E-state index in [1.807, 2.05) is 49.3 Å². The largest absolute Gasteiger partial charge is 0.480 e. The van der Waals surface area contributed by atoms with Gasteiger partial charge in [0.15, 0.2) is 0 Å². The van der Waals surface area contributed by atoms with Gasteiger partial charge in [-0.25, -0.2) is 4.79 Å². The highest BCUT2D eigenvalue weighted by Gasteiger charge is 2.23. The van der Waals surface area contributed by atoms with Gasteiger partial charge in [0.1, 0.15) is 6.04 Å². The number of carboxylic acids is 1. The Balaban J connectivity index is 2.58. The first-order valence-electron chi connectivity index (χ1n) is 7.14. The lowest BCUT2D eigenvalue weighted by Gasteiger charge is -2.19. The van der Waals surface area contributed by atoms with Crippen molar-refractivity contribution in [1.29, 1.82) is 0 Å². The number of hydrogen-bond acceptors (Lipinski definition) is 3. The third-order valence-corrected chi connectivity index (χ3v) is 3.41. The first-order chi connectivity index (χ1) is 9.91. The number of carbonyl (C=O) groups excluding carboxylic acids is 1. The maximum Gasteiger partial charge on any atom is 0.326 e. The monoisotopic (exact) mass is 292 g/mol. The number of carbonyl (C=O) groups is 2. The van der Waals surface area contributed by atoms with E-state index < -0.39 is 12.0 Å². The fourth-order valence-electron chi connectivity index (χ4n) is 2.06. The van der Waals surface area contributed by atoms with Gasteiger partial charge in [-0.2, -0.15) is 0 Å². The number of rotatable bonds is 8. The molecule has 2 N–H and O–H groups in total. The predicted molar refractivity (Wildman–Crippen MR) is 82.2 cm³/mol. The molecule has 1 aromatic rings. The van der Waals surface area contributed by atoms with Gasteiger partial charge in [-0.1, -0.05) is 30.3 Å². The molecule has 0 aliphatic rings. The minimum absolute atomic E-state index is 0.251. The summed E-state index contributed by atoms with van der Waals surface area (Å²) in [4.78, 5) is 25.4. The lowest BCUT2D eigenvalue weighted by Crippen LogP contribution is -2.42. The second kappa shape index (κ2) is 8.42. The fourth-order valence-corrected chi connectivity index (χ4v) is 2.06. The highest BCUT2D eigenvalue weighted by molar-refractivity contribution is 5.87. The van der Waals surface area contributed by atoms with Gasteiger partial charge in [0.05, 0.1) is 5.92 Å². The van der Waals surface area contributed by atoms with Crippen molar-refractivity contribution in [1.82, 2.24) is 10.2 Å². The second-order valence-corrected chi connectivity index (χ2v) is 5.48. The number of amides is 1. The van der Waals surface area contributed by atoms with Crippen molar-refractivity contribution >= 4 is 11.9 Å². The maximum atomic E-state index is 12.2. The van der Waals surface area contributed by atoms with Gasteiger partial charge in [0, 0.05) is 0 Å². The summed E-state index contributed by atoms with van der Waals surface area (Å²) in [6.45, 7) is 2.58. The first-order valence-corrected chi connectivity index (χ1v) is 7.14. The van der Waals surface area contributed by atoms with Crippen LogP contribution in [0.1, 0.15) is 31.2 Å². The molecule has 0 saturated heterocycles. The summed E-state index contributed by atoms with van der Waals surface area (Å²) in [6.07, 6.45) is 1.16. The van der Waals surface area contributed by atoms with Crippen molar-refractivity contribution in [2.75, 3.05) is 20.6 Å². The van der Waals surface area contributed by atoms with Crippen LogP contribution in [0.5, 0.6) is 0 Å². The van der Waals surface area contributed by atoms with Crippen LogP contribution < -0.4 is 5.32 Å². The number of aliphatic carboxylic acids is 1. The second-order valence-electron chi connectivity index (χ2n) is 5.48. The molecule has 21 heavy (non-hydrogen) atoms. The molecule has 116 valence electrons. The topological polar surface area (TPSA) is 69.6 Å². The van der Waals surface area contributed by atoms with Crippen LogP contribution in [0.2, 0.25) is 0 Å². The number of nitrogens with one attached hydrogen (secondary N) is 1. The smallest absolute Gasteiger partial charge is 0.326 e. The summed E-state index contributed by atoms with van der Waals surface area (Å²) in [5.74, 6) is -1.59. The Labute approximate surface area is 126 Å². The van der Waals surface area contributed by atoms with Gasteiger partial charge >= 0.3 is 5.97 Å². The Bertz CT molecular complexity index is 460. The average Bonchev–Trinajstić information content (AvgIpc) is 2.45. The molecule has 0 aliphatic carbocycles. The zero-order valence-electron chi connectivity index (χ0n) is 12.9. The zero-order valence-corrected chi connectivity index (χ0v) is 12.9. The highest BCUT2D eigenvalue weighted by Crippen LogP contribution is 2.15. The van der Waals surface area contributed by atoms with Crippen molar-refractivity contribution in [3.8, 4) is 0 Å². The van der Waals surface area contributed by atoms with E-state index in [4.69, 9.17) is 0 Å². The van der Waals surface area contributed by atoms with Crippen molar-refractivity contribution < 1.29 is 14.7 Å². The van der Waals surface area contributed by atoms with Crippen LogP contribution in [-0.4, -0.2) is 48.6 Å². The summed E-state index contributed by atoms with van der Waals surface area (Å²) in [7, 11) is 3.87. The highest BCUT2D eigenvalue weighted by atomic mass is 16.4. The van der Waals surface area contributed by atoms with Gasteiger partial charge in [-0.15, -0.1) is 0 Å². The van der Waals surface area contributed by atoms with Crippen molar-refractivity contribution in [3.63, 3.8) is 0 Å². The molecule has 1 amide bonds. The molecule has 0 saturated carbocycles. The molecular weight excluding hydrogens is 268 g/mol. The molecule has 0 radical (unpaired) electrons. The Kier molecular flexibility index (Phi) is 6.88. The maximum absolute atomic E-state index is 12.2. The molecule has 2 atom stereocenters. The van der Waals surface area contributed by atoms with Crippen molar-refractivity contribution in [2.24, 2.45) is 0 Å². The lowest BCUT2D eigenvalue weighted by atomic mass is 9.99. The third-order valence-electron chi connectivity index (χ3n) is 3.41. The number of nitrogens with zero attached hydrogens (tertiary/aromatic N) is 1. The Morgan fingerprint density at radius 1 is 1.24 bits per heavy atom. The van der Waals surface area contributed by atoms with Crippen LogP contribution >= 0.6 is 0 Å². The number of benzene rings is 1. The summed E-state index contributed by atoms with van der Waals surface area (Å²) in [6, 6.07) is 8.52. The van der Waals surface area contributed by atoms with Gasteiger partial charge in [-0.05, 0) is 46.0 Å². The summed E-state index contributed by atoms with van der Waals surface area (Å²) >= 11 is 0. The molecule has 0 spiro atoms. The van der Waals surface area contributed by atoms with Gasteiger partial charge in [0.2, 0.25) is 5.91 Å². The molecule has 5 nitrogen and oxygen atoms in total. The SMILES string of the molecule is CC(C(=O)N[C@@H](CCCN(C)C)C(=O)O)c1ccccc1. The molecule has 0 heterocycles. The van der Waals surface area contributed by atoms with Crippen LogP contribution in [0, 0.1) is 0 Å². The minimum Gasteiger partial charge on any atom is -0.480 e. The molecule has 0 bridgehead atoms. The lowest BCUT2D eigenvalue weighted by molar-refractivity contribution is -0.142. The summed E-state index contributed by atoms with van der Waals surface area (Å²) in [5.41, 5.74) is 0.882. The first kappa shape index (κ1) is 17.2. The molecule has 5 heteroatoms. The third kappa shape index (κ3) is 5.95. The average molecular weight is 292 g/mol. The van der Waals surface area contributed by atoms with Crippen LogP contribution in [0.15, 0.2) is 30.3 Å². The summed E-state index contributed by atoms with van der Waals surface area (Å²) in [5, 5.41) is 11.8. The number of hydrogen-bond donors (Lipinski definition) is 2. The quantitative estimate of drug-likeness (QED) is 0.765. The Morgan fingerprint density at radius 3 is 2.38 bits per heavy atom. The molecule has 0 aromatic heterocycles. The Hall–Kier alpha value is -1.88. The van der Waals surface area contributed by atoms with Gasteiger partial charge < -0.3 is 15.3 Å². The fraction of sp³-hybridized carbons (Fsp3) is 0.500. The van der Waals surface area contributed by atoms with Crippen LogP contribution in [0.4, 0.5) is 0 Å². The van der Waals surface area contributed by atoms with Gasteiger partial charge in [-0.3, -0.25) is 4.79 Å². The van der Waals surface area contributed by atoms with E-state index >= 15 is 0 Å². The molecule has 1 aromatic carbocycles. The Morgan fingerprint density at radius 2 is 1.86 bits per heavy atom. The van der Waals surface area contributed by atoms with Crippen molar-refractivity contribution in [2.45, 2.75) is 31.7 Å². The van der Waals surface area contributed by atoms with E-state index in [1.165, 1.54) is 0 Å². The summed E-state index contributed by atoms with van der Waals surface area (Å²) < 4.78 is 0. The van der Waals surface area contributed by atoms with E-state index in [1.54, 1.807) is 6.92 Å². The molecular formula is C16H24N2O3. The van der Waals surface area contributed by atoms with Crippen LogP contribution in [-0.2, 0) is 9.59 Å². The minimum atomic E-state index is -0.984. The molecule has 0 aliphatic heterocycles. The van der Waals surface area contributed by atoms with Crippen LogP contribution in [0.3, 0.4) is 0 Å². The normalized spacial score (nSPS) is 13.7. The van der Waals surface area contributed by atoms with Crippen LogP contribution in [0.25, 0.3) is 0 Å². The van der Waals surface area contributed by atoms with Crippen molar-refractivity contribution in [3.05, 3.63) is 35.9 Å². The standard InChI is InChI=1S/C16H24N2O3/c1-12(13-8-5-4-6-9-13)15(19)17-14(16(20)21)10-7-11-18(2)3/h4-6,8-9,12,14H,7,10-11H2,1-3H3,(H,17,19)(H,20,21)/t12?,14-/m0/s1.